The number of likely N-dealkylation sites (tertiary alicyclic amines) is 1. The SMILES string of the molecule is NC(=O)CCC(N)C(=O)NC(CCCN=C(N)N)C(=O)NC(CC(N)=O)C(=O)N1CCCC1C(=O)O. The maximum atomic E-state index is 13.1. The van der Waals surface area contributed by atoms with Gasteiger partial charge >= 0.3 is 5.97 Å². The fourth-order valence-corrected chi connectivity index (χ4v) is 3.64. The van der Waals surface area contributed by atoms with Crippen LogP contribution >= 0.6 is 0 Å². The summed E-state index contributed by atoms with van der Waals surface area (Å²) in [6, 6.07) is -4.91. The molecule has 1 rings (SSSR count). The first-order valence-electron chi connectivity index (χ1n) is 11.3. The summed E-state index contributed by atoms with van der Waals surface area (Å²) in [6.45, 7) is 0.266. The van der Waals surface area contributed by atoms with Crippen molar-refractivity contribution in [3.8, 4) is 0 Å². The molecule has 0 aromatic carbocycles. The van der Waals surface area contributed by atoms with Gasteiger partial charge in [-0.3, -0.25) is 29.0 Å². The van der Waals surface area contributed by atoms with Crippen molar-refractivity contribution in [3.05, 3.63) is 0 Å². The number of carbonyl (C=O) groups excluding carboxylic acids is 5. The zero-order valence-corrected chi connectivity index (χ0v) is 19.9. The molecule has 0 aromatic heterocycles. The van der Waals surface area contributed by atoms with Crippen molar-refractivity contribution in [3.63, 3.8) is 0 Å². The molecule has 1 saturated heterocycles. The molecule has 0 spiro atoms. The molecule has 0 saturated carbocycles. The molecule has 1 heterocycles. The standard InChI is InChI=1S/C20H35N9O7/c21-10(5-6-14(22)30)16(32)27-11(3-1-7-26-20(24)25)17(33)28-12(9-15(23)31)18(34)29-8-2-4-13(29)19(35)36/h10-13H,1-9,21H2,(H2,22,30)(H2,23,31)(H,27,32)(H,28,33)(H,35,36)(H4,24,25,26). The zero-order valence-electron chi connectivity index (χ0n) is 19.9. The number of aliphatic imine (C=N–C) groups is 1. The molecule has 36 heavy (non-hydrogen) atoms. The van der Waals surface area contributed by atoms with Crippen LogP contribution in [0.2, 0.25) is 0 Å². The van der Waals surface area contributed by atoms with Crippen LogP contribution in [0.15, 0.2) is 4.99 Å². The summed E-state index contributed by atoms with van der Waals surface area (Å²) in [6.07, 6.45) is 0.144. The van der Waals surface area contributed by atoms with Crippen LogP contribution in [0.5, 0.6) is 0 Å². The van der Waals surface area contributed by atoms with Crippen LogP contribution in [0.3, 0.4) is 0 Å². The van der Waals surface area contributed by atoms with Crippen molar-refractivity contribution in [2.75, 3.05) is 13.1 Å². The minimum absolute atomic E-state index is 0.0237. The van der Waals surface area contributed by atoms with Crippen molar-refractivity contribution < 1.29 is 33.9 Å². The molecule has 0 radical (unpaired) electrons. The minimum atomic E-state index is -1.45. The topological polar surface area (TPSA) is 292 Å². The average Bonchev–Trinajstić information content (AvgIpc) is 3.28. The van der Waals surface area contributed by atoms with Crippen LogP contribution in [0.4, 0.5) is 0 Å². The Morgan fingerprint density at radius 3 is 2.14 bits per heavy atom. The lowest BCUT2D eigenvalue weighted by Crippen LogP contribution is -2.57. The number of nitrogens with two attached hydrogens (primary N) is 5. The second-order valence-corrected chi connectivity index (χ2v) is 8.38. The number of nitrogens with one attached hydrogen (secondary N) is 2. The Bertz CT molecular complexity index is 876. The molecule has 0 bridgehead atoms. The number of hydrogen-bond acceptors (Lipinski definition) is 8. The van der Waals surface area contributed by atoms with E-state index >= 15 is 0 Å². The first kappa shape index (κ1) is 30.1. The maximum absolute atomic E-state index is 13.1. The lowest BCUT2D eigenvalue weighted by atomic mass is 10.1. The Balaban J connectivity index is 3.02. The maximum Gasteiger partial charge on any atom is 0.326 e. The van der Waals surface area contributed by atoms with Crippen LogP contribution in [-0.2, 0) is 28.8 Å². The quantitative estimate of drug-likeness (QED) is 0.0590. The highest BCUT2D eigenvalue weighted by atomic mass is 16.4. The third-order valence-corrected chi connectivity index (χ3v) is 5.46. The van der Waals surface area contributed by atoms with E-state index in [1.54, 1.807) is 0 Å². The van der Waals surface area contributed by atoms with E-state index < -0.39 is 66.1 Å². The van der Waals surface area contributed by atoms with Gasteiger partial charge in [-0.25, -0.2) is 4.79 Å². The monoisotopic (exact) mass is 513 g/mol. The van der Waals surface area contributed by atoms with Gasteiger partial charge in [-0.05, 0) is 32.1 Å². The fraction of sp³-hybridized carbons (Fsp3) is 0.650. The molecule has 5 amide bonds. The Morgan fingerprint density at radius 2 is 1.58 bits per heavy atom. The van der Waals surface area contributed by atoms with Crippen molar-refractivity contribution in [2.45, 2.75) is 69.1 Å². The third kappa shape index (κ3) is 10.1. The molecular formula is C20H35N9O7. The number of guanidine groups is 1. The van der Waals surface area contributed by atoms with Crippen LogP contribution in [0.1, 0.15) is 44.9 Å². The molecule has 202 valence electrons. The van der Waals surface area contributed by atoms with Crippen LogP contribution in [0, 0.1) is 0 Å². The molecule has 4 unspecified atom stereocenters. The molecule has 1 fully saturated rings. The summed E-state index contributed by atoms with van der Waals surface area (Å²) >= 11 is 0. The second-order valence-electron chi connectivity index (χ2n) is 8.38. The van der Waals surface area contributed by atoms with Gasteiger partial charge in [-0.15, -0.1) is 0 Å². The third-order valence-electron chi connectivity index (χ3n) is 5.46. The van der Waals surface area contributed by atoms with Gasteiger partial charge in [0.2, 0.25) is 29.5 Å². The number of carboxylic acids is 1. The van der Waals surface area contributed by atoms with E-state index in [9.17, 15) is 33.9 Å². The van der Waals surface area contributed by atoms with Gasteiger partial charge in [0.15, 0.2) is 5.96 Å². The summed E-state index contributed by atoms with van der Waals surface area (Å²) in [7, 11) is 0. The Morgan fingerprint density at radius 1 is 0.944 bits per heavy atom. The van der Waals surface area contributed by atoms with Crippen LogP contribution in [0.25, 0.3) is 0 Å². The van der Waals surface area contributed by atoms with E-state index in [2.05, 4.69) is 15.6 Å². The summed E-state index contributed by atoms with van der Waals surface area (Å²) in [5.74, 6) is -5.29. The highest BCUT2D eigenvalue weighted by molar-refractivity contribution is 5.96. The summed E-state index contributed by atoms with van der Waals surface area (Å²) in [4.78, 5) is 77.4. The van der Waals surface area contributed by atoms with E-state index in [-0.39, 0.29) is 51.2 Å². The van der Waals surface area contributed by atoms with E-state index in [0.717, 1.165) is 4.90 Å². The first-order chi connectivity index (χ1) is 16.8. The van der Waals surface area contributed by atoms with Crippen LogP contribution < -0.4 is 39.3 Å². The Labute approximate surface area is 207 Å². The Hall–Kier alpha value is -3.95. The highest BCUT2D eigenvalue weighted by Gasteiger charge is 2.39. The molecule has 0 aromatic rings. The van der Waals surface area contributed by atoms with Gasteiger partial charge in [0, 0.05) is 19.5 Å². The minimum Gasteiger partial charge on any atom is -0.480 e. The lowest BCUT2D eigenvalue weighted by molar-refractivity contribution is -0.149. The zero-order chi connectivity index (χ0) is 27.4. The van der Waals surface area contributed by atoms with Crippen molar-refractivity contribution in [1.82, 2.24) is 15.5 Å². The average molecular weight is 514 g/mol. The van der Waals surface area contributed by atoms with Gasteiger partial charge in [0.25, 0.3) is 0 Å². The number of rotatable bonds is 15. The smallest absolute Gasteiger partial charge is 0.326 e. The number of amides is 5. The number of primary amides is 2. The van der Waals surface area contributed by atoms with E-state index in [0.29, 0.717) is 6.42 Å². The molecule has 1 aliphatic rings. The van der Waals surface area contributed by atoms with Crippen molar-refractivity contribution in [1.29, 1.82) is 0 Å². The molecule has 16 nitrogen and oxygen atoms in total. The molecule has 1 aliphatic heterocycles. The second kappa shape index (κ2) is 14.4. The lowest BCUT2D eigenvalue weighted by Gasteiger charge is -2.28. The predicted molar refractivity (Wildman–Crippen MR) is 126 cm³/mol. The number of nitrogens with zero attached hydrogens (tertiary/aromatic N) is 2. The van der Waals surface area contributed by atoms with Gasteiger partial charge in [-0.2, -0.15) is 0 Å². The summed E-state index contributed by atoms with van der Waals surface area (Å²) in [5, 5.41) is 14.2. The molecular weight excluding hydrogens is 478 g/mol. The van der Waals surface area contributed by atoms with E-state index in [1.807, 2.05) is 0 Å². The normalized spacial score (nSPS) is 17.4. The predicted octanol–water partition coefficient (Wildman–Crippen LogP) is -4.45. The number of carboxylic acid groups (broad SMARTS) is 1. The highest BCUT2D eigenvalue weighted by Crippen LogP contribution is 2.19. The molecule has 16 heteroatoms. The number of aliphatic carboxylic acids is 1. The number of hydrogen-bond donors (Lipinski definition) is 8. The van der Waals surface area contributed by atoms with Crippen LogP contribution in [-0.4, -0.2) is 88.7 Å². The molecule has 4 atom stereocenters. The largest absolute Gasteiger partial charge is 0.480 e. The van der Waals surface area contributed by atoms with Crippen molar-refractivity contribution in [2.24, 2.45) is 33.7 Å². The fourth-order valence-electron chi connectivity index (χ4n) is 3.64. The molecule has 0 aliphatic carbocycles. The van der Waals surface area contributed by atoms with Crippen molar-refractivity contribution >= 4 is 41.5 Å². The van der Waals surface area contributed by atoms with Gasteiger partial charge in [-0.1, -0.05) is 0 Å². The summed E-state index contributed by atoms with van der Waals surface area (Å²) < 4.78 is 0. The van der Waals surface area contributed by atoms with Gasteiger partial charge in [0.1, 0.15) is 18.1 Å². The Kier molecular flexibility index (Phi) is 12.1. The number of carbonyl (C=O) groups is 6. The summed E-state index contributed by atoms with van der Waals surface area (Å²) in [5.41, 5.74) is 26.6. The van der Waals surface area contributed by atoms with E-state index in [4.69, 9.17) is 28.7 Å². The first-order valence-corrected chi connectivity index (χ1v) is 11.3. The molecule has 13 N–H and O–H groups in total. The van der Waals surface area contributed by atoms with Gasteiger partial charge in [0.05, 0.1) is 12.5 Å². The van der Waals surface area contributed by atoms with Gasteiger partial charge < -0.3 is 49.3 Å². The van der Waals surface area contributed by atoms with E-state index in [1.165, 1.54) is 0 Å².